The Balaban J connectivity index is 1.88. The fourth-order valence-corrected chi connectivity index (χ4v) is 2.54. The summed E-state index contributed by atoms with van der Waals surface area (Å²) in [5, 5.41) is 0. The highest BCUT2D eigenvalue weighted by Crippen LogP contribution is 2.30. The van der Waals surface area contributed by atoms with Gasteiger partial charge in [-0.2, -0.15) is 0 Å². The summed E-state index contributed by atoms with van der Waals surface area (Å²) in [4.78, 5) is 16.5. The zero-order chi connectivity index (χ0) is 19.2. The first-order valence-electron chi connectivity index (χ1n) is 8.71. The summed E-state index contributed by atoms with van der Waals surface area (Å²) in [6.07, 6.45) is 3.34. The summed E-state index contributed by atoms with van der Waals surface area (Å²) in [6, 6.07) is 13.1. The van der Waals surface area contributed by atoms with Crippen molar-refractivity contribution < 1.29 is 19.0 Å². The maximum Gasteiger partial charge on any atom is 0.363 e. The third-order valence-corrected chi connectivity index (χ3v) is 3.85. The van der Waals surface area contributed by atoms with Crippen molar-refractivity contribution >= 4 is 17.9 Å². The molecule has 0 amide bonds. The monoisotopic (exact) mass is 363 g/mol. The molecule has 0 saturated carbocycles. The third-order valence-electron chi connectivity index (χ3n) is 3.85. The molecule has 0 aromatic heterocycles. The van der Waals surface area contributed by atoms with Crippen molar-refractivity contribution in [3.05, 3.63) is 77.5 Å². The zero-order valence-corrected chi connectivity index (χ0v) is 15.4. The van der Waals surface area contributed by atoms with Crippen LogP contribution in [0, 0.1) is 6.92 Å². The maximum absolute atomic E-state index is 12.2. The van der Waals surface area contributed by atoms with Gasteiger partial charge in [-0.3, -0.25) is 0 Å². The summed E-state index contributed by atoms with van der Waals surface area (Å²) in [5.74, 6) is 1.05. The lowest BCUT2D eigenvalue weighted by Crippen LogP contribution is -2.05. The molecule has 0 atom stereocenters. The number of aliphatic imine (C=N–C) groups is 1. The van der Waals surface area contributed by atoms with E-state index < -0.39 is 5.97 Å². The number of benzene rings is 2. The van der Waals surface area contributed by atoms with Gasteiger partial charge in [0.2, 0.25) is 5.90 Å². The van der Waals surface area contributed by atoms with Gasteiger partial charge in [-0.05, 0) is 49.8 Å². The second kappa shape index (κ2) is 8.36. The number of aryl methyl sites for hydroxylation is 1. The first kappa shape index (κ1) is 18.5. The number of esters is 1. The van der Waals surface area contributed by atoms with Crippen molar-refractivity contribution in [1.29, 1.82) is 0 Å². The molecule has 2 aromatic rings. The van der Waals surface area contributed by atoms with E-state index in [4.69, 9.17) is 14.2 Å². The average Bonchev–Trinajstić information content (AvgIpc) is 3.02. The molecule has 2 aromatic carbocycles. The van der Waals surface area contributed by atoms with Crippen LogP contribution in [-0.4, -0.2) is 25.1 Å². The average molecular weight is 363 g/mol. The molecule has 1 aliphatic heterocycles. The number of carbonyl (C=O) groups excluding carboxylic acids is 1. The Bertz CT molecular complexity index is 910. The number of carbonyl (C=O) groups is 1. The predicted octanol–water partition coefficient (Wildman–Crippen LogP) is 4.30. The van der Waals surface area contributed by atoms with E-state index in [0.29, 0.717) is 30.6 Å². The molecule has 0 radical (unpaired) electrons. The van der Waals surface area contributed by atoms with Crippen molar-refractivity contribution in [3.8, 4) is 11.5 Å². The molecule has 0 fully saturated rings. The fraction of sp³-hybridized carbons (Fsp3) is 0.182. The van der Waals surface area contributed by atoms with Crippen LogP contribution in [0.15, 0.2) is 65.8 Å². The van der Waals surface area contributed by atoms with Crippen LogP contribution in [0.5, 0.6) is 11.5 Å². The number of cyclic esters (lactones) is 1. The van der Waals surface area contributed by atoms with Gasteiger partial charge in [0.15, 0.2) is 17.2 Å². The fourth-order valence-electron chi connectivity index (χ4n) is 2.54. The molecule has 5 heteroatoms. The van der Waals surface area contributed by atoms with Crippen LogP contribution in [0.4, 0.5) is 0 Å². The van der Waals surface area contributed by atoms with Gasteiger partial charge < -0.3 is 14.2 Å². The van der Waals surface area contributed by atoms with Gasteiger partial charge in [-0.1, -0.05) is 36.4 Å². The molecule has 0 N–H and O–H groups in total. The first-order chi connectivity index (χ1) is 13.1. The quantitative estimate of drug-likeness (QED) is 0.418. The Hall–Kier alpha value is -3.34. The summed E-state index contributed by atoms with van der Waals surface area (Å²) in [5.41, 5.74) is 2.90. The third kappa shape index (κ3) is 4.44. The molecule has 3 rings (SSSR count). The molecule has 138 valence electrons. The van der Waals surface area contributed by atoms with E-state index in [-0.39, 0.29) is 5.70 Å². The van der Waals surface area contributed by atoms with Crippen molar-refractivity contribution in [2.24, 2.45) is 4.99 Å². The Morgan fingerprint density at radius 2 is 1.89 bits per heavy atom. The van der Waals surface area contributed by atoms with E-state index in [1.165, 1.54) is 0 Å². The minimum absolute atomic E-state index is 0.243. The normalized spacial score (nSPS) is 14.7. The van der Waals surface area contributed by atoms with Crippen molar-refractivity contribution in [3.63, 3.8) is 0 Å². The standard InChI is InChI=1S/C22H21NO4/c1-4-12-26-19-11-8-16(14-20(19)25-5-2)13-18-22(24)27-21(23-18)17-9-6-15(3)7-10-17/h4,6-11,13-14H,1,5,12H2,2-3H3/b18-13-. The topological polar surface area (TPSA) is 57.1 Å². The lowest BCUT2D eigenvalue weighted by molar-refractivity contribution is -0.129. The number of nitrogens with zero attached hydrogens (tertiary/aromatic N) is 1. The second-order valence-electron chi connectivity index (χ2n) is 5.94. The van der Waals surface area contributed by atoms with Crippen LogP contribution < -0.4 is 9.47 Å². The lowest BCUT2D eigenvalue weighted by Gasteiger charge is -2.11. The van der Waals surface area contributed by atoms with E-state index in [1.807, 2.05) is 50.2 Å². The van der Waals surface area contributed by atoms with Crippen LogP contribution in [0.3, 0.4) is 0 Å². The van der Waals surface area contributed by atoms with E-state index >= 15 is 0 Å². The smallest absolute Gasteiger partial charge is 0.363 e. The van der Waals surface area contributed by atoms with Gasteiger partial charge in [0, 0.05) is 5.56 Å². The van der Waals surface area contributed by atoms with Gasteiger partial charge in [0.25, 0.3) is 0 Å². The molecule has 1 aliphatic rings. The summed E-state index contributed by atoms with van der Waals surface area (Å²) in [6.45, 7) is 8.42. The van der Waals surface area contributed by atoms with Gasteiger partial charge in [0.1, 0.15) is 6.61 Å². The van der Waals surface area contributed by atoms with Crippen LogP contribution in [0.1, 0.15) is 23.6 Å². The SMILES string of the molecule is C=CCOc1ccc(/C=C2\N=C(c3ccc(C)cc3)OC2=O)cc1OCC. The molecule has 27 heavy (non-hydrogen) atoms. The molecule has 0 unspecified atom stereocenters. The molecule has 0 spiro atoms. The van der Waals surface area contributed by atoms with Crippen molar-refractivity contribution in [2.45, 2.75) is 13.8 Å². The van der Waals surface area contributed by atoms with Crippen molar-refractivity contribution in [2.75, 3.05) is 13.2 Å². The van der Waals surface area contributed by atoms with E-state index in [2.05, 4.69) is 11.6 Å². The number of rotatable bonds is 7. The number of ether oxygens (including phenoxy) is 3. The summed E-state index contributed by atoms with van der Waals surface area (Å²) >= 11 is 0. The molecule has 1 heterocycles. The first-order valence-corrected chi connectivity index (χ1v) is 8.71. The number of hydrogen-bond acceptors (Lipinski definition) is 5. The minimum atomic E-state index is -0.476. The minimum Gasteiger partial charge on any atom is -0.490 e. The van der Waals surface area contributed by atoms with E-state index in [0.717, 1.165) is 16.7 Å². The van der Waals surface area contributed by atoms with E-state index in [9.17, 15) is 4.79 Å². The Kier molecular flexibility index (Phi) is 5.71. The molecule has 0 bridgehead atoms. The maximum atomic E-state index is 12.2. The van der Waals surface area contributed by atoms with Gasteiger partial charge in [-0.25, -0.2) is 9.79 Å². The van der Waals surface area contributed by atoms with Crippen LogP contribution >= 0.6 is 0 Å². The summed E-state index contributed by atoms with van der Waals surface area (Å²) < 4.78 is 16.5. The highest BCUT2D eigenvalue weighted by Gasteiger charge is 2.24. The zero-order valence-electron chi connectivity index (χ0n) is 15.4. The Morgan fingerprint density at radius 3 is 2.59 bits per heavy atom. The van der Waals surface area contributed by atoms with Gasteiger partial charge in [-0.15, -0.1) is 0 Å². The molecule has 5 nitrogen and oxygen atoms in total. The Labute approximate surface area is 158 Å². The lowest BCUT2D eigenvalue weighted by atomic mass is 10.1. The second-order valence-corrected chi connectivity index (χ2v) is 5.94. The molecular formula is C22H21NO4. The molecular weight excluding hydrogens is 342 g/mol. The van der Waals surface area contributed by atoms with Crippen LogP contribution in [0.2, 0.25) is 0 Å². The largest absolute Gasteiger partial charge is 0.490 e. The molecule has 0 aliphatic carbocycles. The van der Waals surface area contributed by atoms with E-state index in [1.54, 1.807) is 18.2 Å². The number of hydrogen-bond donors (Lipinski definition) is 0. The molecule has 0 saturated heterocycles. The highest BCUT2D eigenvalue weighted by molar-refractivity contribution is 6.12. The van der Waals surface area contributed by atoms with Gasteiger partial charge in [0.05, 0.1) is 6.61 Å². The summed E-state index contributed by atoms with van der Waals surface area (Å²) in [7, 11) is 0. The highest BCUT2D eigenvalue weighted by atomic mass is 16.6. The predicted molar refractivity (Wildman–Crippen MR) is 105 cm³/mol. The Morgan fingerprint density at radius 1 is 1.11 bits per heavy atom. The van der Waals surface area contributed by atoms with Crippen LogP contribution in [0.25, 0.3) is 6.08 Å². The van der Waals surface area contributed by atoms with Crippen molar-refractivity contribution in [1.82, 2.24) is 0 Å². The van der Waals surface area contributed by atoms with Crippen LogP contribution in [-0.2, 0) is 9.53 Å². The van der Waals surface area contributed by atoms with Gasteiger partial charge >= 0.3 is 5.97 Å².